The summed E-state index contributed by atoms with van der Waals surface area (Å²) in [5.41, 5.74) is 4.75. The lowest BCUT2D eigenvalue weighted by atomic mass is 10.0. The van der Waals surface area contributed by atoms with Crippen LogP contribution < -0.4 is 15.4 Å². The second kappa shape index (κ2) is 10.3. The predicted octanol–water partition coefficient (Wildman–Crippen LogP) is 3.38. The number of halogens is 1. The molecule has 0 amide bonds. The van der Waals surface area contributed by atoms with Crippen LogP contribution in [0.1, 0.15) is 17.5 Å². The van der Waals surface area contributed by atoms with Crippen LogP contribution in [0.2, 0.25) is 0 Å². The highest BCUT2D eigenvalue weighted by atomic mass is 32.2. The Morgan fingerprint density at radius 3 is 2.61 bits per heavy atom. The van der Waals surface area contributed by atoms with Gasteiger partial charge in [0.05, 0.1) is 21.0 Å². The smallest absolute Gasteiger partial charge is 0.238 e. The lowest BCUT2D eigenvalue weighted by molar-refractivity contribution is 0.597. The summed E-state index contributed by atoms with van der Waals surface area (Å²) in [7, 11) is -5.38. The van der Waals surface area contributed by atoms with Crippen LogP contribution in [0.25, 0.3) is 11.3 Å². The van der Waals surface area contributed by atoms with Crippen molar-refractivity contribution in [3.05, 3.63) is 96.2 Å². The molecule has 198 valence electrons. The number of sulfonamides is 1. The van der Waals surface area contributed by atoms with Gasteiger partial charge in [-0.3, -0.25) is 8.96 Å². The van der Waals surface area contributed by atoms with E-state index < -0.39 is 25.5 Å². The number of rotatable bonds is 7. The van der Waals surface area contributed by atoms with E-state index in [9.17, 15) is 8.42 Å². The molecule has 1 unspecified atom stereocenters. The van der Waals surface area contributed by atoms with Crippen molar-refractivity contribution < 1.29 is 17.0 Å². The van der Waals surface area contributed by atoms with Gasteiger partial charge in [-0.15, -0.1) is 0 Å². The summed E-state index contributed by atoms with van der Waals surface area (Å²) < 4.78 is 56.0. The number of anilines is 1. The highest BCUT2D eigenvalue weighted by Crippen LogP contribution is 2.32. The molecule has 4 aromatic rings. The molecule has 11 heteroatoms. The molecule has 0 bridgehead atoms. The Kier molecular flexibility index (Phi) is 7.10. The standard InChI is InChI=1S/C27H28FN5O3S2/c1-30-16-20-14-27(24-8-2-3-9-25(24)28)33(18-20)37(34,23-7-4-12-31-17-23)19-32-13-5-6-21-10-11-22(15-26(21)32)38(29,35)36/h2-4,7-12,14-15,17-19,30H,5-6,13,16H2,1H3,(H2,29,35,36). The number of nitrogens with one attached hydrogen (secondary N) is 1. The van der Waals surface area contributed by atoms with Crippen molar-refractivity contribution in [2.24, 2.45) is 5.14 Å². The molecule has 1 aliphatic heterocycles. The quantitative estimate of drug-likeness (QED) is 0.340. The van der Waals surface area contributed by atoms with Gasteiger partial charge in [0, 0.05) is 42.9 Å². The Labute approximate surface area is 222 Å². The first-order valence-corrected chi connectivity index (χ1v) is 15.2. The lowest BCUT2D eigenvalue weighted by Crippen LogP contribution is -2.33. The zero-order valence-corrected chi connectivity index (χ0v) is 22.4. The summed E-state index contributed by atoms with van der Waals surface area (Å²) in [6.07, 6.45) is 6.41. The lowest BCUT2D eigenvalue weighted by Gasteiger charge is -2.30. The van der Waals surface area contributed by atoms with Crippen LogP contribution in [-0.2, 0) is 32.7 Å². The third-order valence-electron chi connectivity index (χ3n) is 6.45. The minimum atomic E-state index is -3.93. The van der Waals surface area contributed by atoms with E-state index in [1.165, 1.54) is 24.4 Å². The Morgan fingerprint density at radius 2 is 1.89 bits per heavy atom. The topological polar surface area (TPSA) is 110 Å². The fraction of sp³-hybridized carbons (Fsp3) is 0.185. The highest BCUT2D eigenvalue weighted by Gasteiger charge is 2.25. The van der Waals surface area contributed by atoms with Crippen molar-refractivity contribution in [3.8, 4) is 11.3 Å². The van der Waals surface area contributed by atoms with E-state index in [4.69, 9.17) is 5.14 Å². The fourth-order valence-corrected chi connectivity index (χ4v) is 7.44. The Bertz CT molecular complexity index is 1710. The number of fused-ring (bicyclic) bond motifs is 1. The highest BCUT2D eigenvalue weighted by molar-refractivity contribution is 8.00. The number of primary sulfonamides is 1. The molecule has 5 rings (SSSR count). The van der Waals surface area contributed by atoms with Gasteiger partial charge in [0.15, 0.2) is 0 Å². The molecule has 3 N–H and O–H groups in total. The van der Waals surface area contributed by atoms with Gasteiger partial charge in [-0.1, -0.05) is 18.2 Å². The molecule has 0 spiro atoms. The predicted molar refractivity (Wildman–Crippen MR) is 148 cm³/mol. The van der Waals surface area contributed by atoms with Gasteiger partial charge in [0.1, 0.15) is 15.5 Å². The molecule has 2 aromatic heterocycles. The first kappa shape index (κ1) is 26.1. The molecule has 38 heavy (non-hydrogen) atoms. The maximum Gasteiger partial charge on any atom is 0.238 e. The van der Waals surface area contributed by atoms with E-state index in [1.807, 2.05) is 11.0 Å². The third-order valence-corrected chi connectivity index (χ3v) is 9.70. The third kappa shape index (κ3) is 4.97. The van der Waals surface area contributed by atoms with Crippen LogP contribution in [0.15, 0.2) is 89.0 Å². The molecule has 0 radical (unpaired) electrons. The van der Waals surface area contributed by atoms with Crippen molar-refractivity contribution >= 4 is 30.9 Å². The van der Waals surface area contributed by atoms with E-state index in [2.05, 4.69) is 10.3 Å². The van der Waals surface area contributed by atoms with Crippen molar-refractivity contribution in [1.82, 2.24) is 14.3 Å². The van der Waals surface area contributed by atoms with Crippen LogP contribution in [-0.4, -0.2) is 40.7 Å². The Hall–Kier alpha value is -3.51. The second-order valence-corrected chi connectivity index (χ2v) is 12.8. The number of pyridine rings is 1. The van der Waals surface area contributed by atoms with Crippen molar-refractivity contribution in [2.45, 2.75) is 29.2 Å². The van der Waals surface area contributed by atoms with Gasteiger partial charge in [-0.2, -0.15) is 0 Å². The number of hydrogen-bond acceptors (Lipinski definition) is 5. The Balaban J connectivity index is 1.79. The van der Waals surface area contributed by atoms with Crippen molar-refractivity contribution in [2.75, 3.05) is 18.5 Å². The largest absolute Gasteiger partial charge is 0.339 e. The summed E-state index contributed by atoms with van der Waals surface area (Å²) in [6.45, 7) is 0.999. The molecule has 0 fully saturated rings. The number of benzene rings is 2. The van der Waals surface area contributed by atoms with Crippen LogP contribution in [0.5, 0.6) is 0 Å². The molecule has 0 saturated heterocycles. The van der Waals surface area contributed by atoms with E-state index in [0.717, 1.165) is 24.0 Å². The maximum atomic E-state index is 15.2. The molecule has 0 aliphatic carbocycles. The number of aryl methyl sites for hydroxylation is 1. The summed E-state index contributed by atoms with van der Waals surface area (Å²) in [4.78, 5) is 6.43. The van der Waals surface area contributed by atoms with Crippen LogP contribution >= 0.6 is 0 Å². The van der Waals surface area contributed by atoms with Gasteiger partial charge in [0.25, 0.3) is 0 Å². The zero-order valence-electron chi connectivity index (χ0n) is 20.7. The molecule has 0 saturated carbocycles. The zero-order chi connectivity index (χ0) is 26.9. The van der Waals surface area contributed by atoms with Gasteiger partial charge < -0.3 is 10.2 Å². The van der Waals surface area contributed by atoms with E-state index in [-0.39, 0.29) is 4.90 Å². The second-order valence-electron chi connectivity index (χ2n) is 9.06. The minimum absolute atomic E-state index is 0.0197. The molecular formula is C27H28FN5O3S2. The SMILES string of the molecule is CNCc1cc(-c2ccccc2F)n(S(=O)(=CN2CCCc3ccc(S(N)(=O)=O)cc32)c2cccnc2)c1. The van der Waals surface area contributed by atoms with Gasteiger partial charge in [-0.05, 0) is 73.5 Å². The minimum Gasteiger partial charge on any atom is -0.339 e. The van der Waals surface area contributed by atoms with Gasteiger partial charge >= 0.3 is 0 Å². The molecular weight excluding hydrogens is 525 g/mol. The fourth-order valence-electron chi connectivity index (χ4n) is 4.67. The van der Waals surface area contributed by atoms with Crippen molar-refractivity contribution in [1.29, 1.82) is 0 Å². The molecule has 8 nitrogen and oxygen atoms in total. The van der Waals surface area contributed by atoms with E-state index >= 15 is 8.60 Å². The molecule has 3 heterocycles. The maximum absolute atomic E-state index is 15.2. The molecule has 1 aliphatic rings. The average molecular weight is 554 g/mol. The van der Waals surface area contributed by atoms with Crippen LogP contribution in [0, 0.1) is 5.82 Å². The number of nitrogens with two attached hydrogens (primary N) is 1. The summed E-state index contributed by atoms with van der Waals surface area (Å²) in [6, 6.07) is 16.4. The molecule has 1 atom stereocenters. The number of aromatic nitrogens is 2. The molecule has 2 aromatic carbocycles. The summed E-state index contributed by atoms with van der Waals surface area (Å²) >= 11 is 0. The van der Waals surface area contributed by atoms with Crippen LogP contribution in [0.3, 0.4) is 0 Å². The summed E-state index contributed by atoms with van der Waals surface area (Å²) in [5, 5.41) is 8.50. The summed E-state index contributed by atoms with van der Waals surface area (Å²) in [5.74, 6) is -0.433. The first-order valence-electron chi connectivity index (χ1n) is 12.0. The van der Waals surface area contributed by atoms with Gasteiger partial charge in [-0.25, -0.2) is 22.2 Å². The van der Waals surface area contributed by atoms with Gasteiger partial charge in [0.2, 0.25) is 10.0 Å². The Morgan fingerprint density at radius 1 is 1.08 bits per heavy atom. The van der Waals surface area contributed by atoms with Crippen molar-refractivity contribution in [3.63, 3.8) is 0 Å². The monoisotopic (exact) mass is 553 g/mol. The van der Waals surface area contributed by atoms with E-state index in [1.54, 1.807) is 65.3 Å². The average Bonchev–Trinajstić information content (AvgIpc) is 3.33. The van der Waals surface area contributed by atoms with Crippen LogP contribution in [0.4, 0.5) is 10.1 Å². The normalized spacial score (nSPS) is 15.1. The number of nitrogens with zero attached hydrogens (tertiary/aromatic N) is 3. The first-order chi connectivity index (χ1) is 18.2. The van der Waals surface area contributed by atoms with E-state index in [0.29, 0.717) is 34.9 Å². The number of hydrogen-bond donors (Lipinski definition) is 2.